The number of pyridine rings is 2. The number of nitrogens with two attached hydrogens (primary N) is 1. The highest BCUT2D eigenvalue weighted by Crippen LogP contribution is 2.20. The fraction of sp³-hybridized carbons (Fsp3) is 0. The van der Waals surface area contributed by atoms with Gasteiger partial charge >= 0.3 is 0 Å². The van der Waals surface area contributed by atoms with Crippen molar-refractivity contribution in [3.05, 3.63) is 54.7 Å². The topological polar surface area (TPSA) is 69.1 Å². The Bertz CT molecular complexity index is 926. The van der Waals surface area contributed by atoms with Crippen LogP contribution in [0, 0.1) is 0 Å². The first-order valence-corrected chi connectivity index (χ1v) is 6.28. The normalized spacial score (nSPS) is 11.2. The van der Waals surface area contributed by atoms with Gasteiger partial charge in [-0.15, -0.1) is 10.2 Å². The zero-order valence-electron chi connectivity index (χ0n) is 10.6. The molecule has 3 heterocycles. The molecule has 0 saturated heterocycles. The first kappa shape index (κ1) is 10.9. The molecule has 0 radical (unpaired) electrons. The number of fused-ring (bicyclic) bond motifs is 2. The molecule has 4 aromatic rings. The SMILES string of the molecule is Nc1ccc2nnc(-c3ccc4ccccc4n3)n2c1. The lowest BCUT2D eigenvalue weighted by Gasteiger charge is -2.02. The lowest BCUT2D eigenvalue weighted by atomic mass is 10.2. The van der Waals surface area contributed by atoms with Gasteiger partial charge in [-0.1, -0.05) is 24.3 Å². The van der Waals surface area contributed by atoms with Gasteiger partial charge in [-0.05, 0) is 24.3 Å². The molecule has 2 N–H and O–H groups in total. The van der Waals surface area contributed by atoms with Crippen LogP contribution in [-0.4, -0.2) is 19.6 Å². The third-order valence-electron chi connectivity index (χ3n) is 3.25. The van der Waals surface area contributed by atoms with Gasteiger partial charge in [0.2, 0.25) is 0 Å². The average molecular weight is 261 g/mol. The van der Waals surface area contributed by atoms with Crippen molar-refractivity contribution in [3.8, 4) is 11.5 Å². The molecule has 3 aromatic heterocycles. The van der Waals surface area contributed by atoms with Gasteiger partial charge in [0.25, 0.3) is 0 Å². The summed E-state index contributed by atoms with van der Waals surface area (Å²) in [4.78, 5) is 4.63. The van der Waals surface area contributed by atoms with Crippen molar-refractivity contribution in [3.63, 3.8) is 0 Å². The summed E-state index contributed by atoms with van der Waals surface area (Å²) in [5.74, 6) is 0.693. The predicted molar refractivity (Wildman–Crippen MR) is 78.1 cm³/mol. The molecule has 5 heteroatoms. The second kappa shape index (κ2) is 4.03. The minimum atomic E-state index is 0.666. The minimum absolute atomic E-state index is 0.666. The van der Waals surface area contributed by atoms with Gasteiger partial charge in [0, 0.05) is 17.3 Å². The maximum Gasteiger partial charge on any atom is 0.187 e. The van der Waals surface area contributed by atoms with Crippen LogP contribution in [0.2, 0.25) is 0 Å². The van der Waals surface area contributed by atoms with Crippen LogP contribution >= 0.6 is 0 Å². The molecule has 0 unspecified atom stereocenters. The molecule has 0 atom stereocenters. The molecule has 0 fully saturated rings. The van der Waals surface area contributed by atoms with E-state index in [1.54, 1.807) is 0 Å². The average Bonchev–Trinajstić information content (AvgIpc) is 2.89. The third kappa shape index (κ3) is 1.60. The van der Waals surface area contributed by atoms with Crippen molar-refractivity contribution >= 4 is 22.2 Å². The van der Waals surface area contributed by atoms with Gasteiger partial charge in [0.1, 0.15) is 5.69 Å². The van der Waals surface area contributed by atoms with E-state index in [1.807, 2.05) is 59.1 Å². The second-order valence-corrected chi connectivity index (χ2v) is 4.60. The van der Waals surface area contributed by atoms with E-state index in [4.69, 9.17) is 5.73 Å². The maximum atomic E-state index is 5.82. The van der Waals surface area contributed by atoms with Crippen molar-refractivity contribution in [1.82, 2.24) is 19.6 Å². The zero-order chi connectivity index (χ0) is 13.5. The van der Waals surface area contributed by atoms with E-state index < -0.39 is 0 Å². The molecular weight excluding hydrogens is 250 g/mol. The van der Waals surface area contributed by atoms with E-state index in [1.165, 1.54) is 0 Å². The zero-order valence-corrected chi connectivity index (χ0v) is 10.6. The van der Waals surface area contributed by atoms with Crippen LogP contribution in [-0.2, 0) is 0 Å². The molecule has 5 nitrogen and oxygen atoms in total. The Morgan fingerprint density at radius 2 is 1.80 bits per heavy atom. The van der Waals surface area contributed by atoms with Crippen molar-refractivity contribution in [2.45, 2.75) is 0 Å². The number of para-hydroxylation sites is 1. The van der Waals surface area contributed by atoms with Crippen molar-refractivity contribution in [1.29, 1.82) is 0 Å². The summed E-state index contributed by atoms with van der Waals surface area (Å²) in [6.07, 6.45) is 1.81. The Balaban J connectivity index is 1.98. The number of nitrogen functional groups attached to an aromatic ring is 1. The highest BCUT2D eigenvalue weighted by Gasteiger charge is 2.09. The molecule has 0 aliphatic carbocycles. The van der Waals surface area contributed by atoms with Crippen LogP contribution in [0.15, 0.2) is 54.7 Å². The fourth-order valence-electron chi connectivity index (χ4n) is 2.27. The first-order chi connectivity index (χ1) is 9.81. The van der Waals surface area contributed by atoms with Crippen LogP contribution < -0.4 is 5.73 Å². The Morgan fingerprint density at radius 1 is 0.900 bits per heavy atom. The smallest absolute Gasteiger partial charge is 0.187 e. The van der Waals surface area contributed by atoms with E-state index in [0.29, 0.717) is 11.5 Å². The van der Waals surface area contributed by atoms with E-state index in [0.717, 1.165) is 22.2 Å². The van der Waals surface area contributed by atoms with Crippen LogP contribution in [0.4, 0.5) is 5.69 Å². The number of hydrogen-bond donors (Lipinski definition) is 1. The second-order valence-electron chi connectivity index (χ2n) is 4.60. The van der Waals surface area contributed by atoms with Crippen molar-refractivity contribution in [2.24, 2.45) is 0 Å². The molecule has 0 aliphatic rings. The highest BCUT2D eigenvalue weighted by atomic mass is 15.3. The molecule has 20 heavy (non-hydrogen) atoms. The lowest BCUT2D eigenvalue weighted by molar-refractivity contribution is 1.10. The van der Waals surface area contributed by atoms with Gasteiger partial charge in [-0.3, -0.25) is 4.40 Å². The number of aromatic nitrogens is 4. The third-order valence-corrected chi connectivity index (χ3v) is 3.25. The highest BCUT2D eigenvalue weighted by molar-refractivity contribution is 5.80. The minimum Gasteiger partial charge on any atom is -0.398 e. The number of anilines is 1. The molecule has 0 aliphatic heterocycles. The summed E-state index contributed by atoms with van der Waals surface area (Å²) >= 11 is 0. The van der Waals surface area contributed by atoms with Gasteiger partial charge in [-0.2, -0.15) is 0 Å². The molecule has 0 bridgehead atoms. The quantitative estimate of drug-likeness (QED) is 0.571. The predicted octanol–water partition coefficient (Wildman–Crippen LogP) is 2.53. The number of rotatable bonds is 1. The largest absolute Gasteiger partial charge is 0.398 e. The van der Waals surface area contributed by atoms with Gasteiger partial charge < -0.3 is 5.73 Å². The van der Waals surface area contributed by atoms with Crippen LogP contribution in [0.1, 0.15) is 0 Å². The maximum absolute atomic E-state index is 5.82. The molecule has 0 amide bonds. The number of benzene rings is 1. The summed E-state index contributed by atoms with van der Waals surface area (Å²) in [6.45, 7) is 0. The van der Waals surface area contributed by atoms with Crippen LogP contribution in [0.5, 0.6) is 0 Å². The van der Waals surface area contributed by atoms with Crippen molar-refractivity contribution < 1.29 is 0 Å². The van der Waals surface area contributed by atoms with Gasteiger partial charge in [0.05, 0.1) is 5.52 Å². The molecule has 4 rings (SSSR count). The first-order valence-electron chi connectivity index (χ1n) is 6.28. The standard InChI is InChI=1S/C15H11N5/c16-11-6-8-14-18-19-15(20(14)9-11)13-7-5-10-3-1-2-4-12(10)17-13/h1-9H,16H2. The Kier molecular flexibility index (Phi) is 2.20. The summed E-state index contributed by atoms with van der Waals surface area (Å²) in [5, 5.41) is 9.44. The molecule has 0 spiro atoms. The Hall–Kier alpha value is -2.95. The molecule has 0 saturated carbocycles. The van der Waals surface area contributed by atoms with E-state index >= 15 is 0 Å². The number of nitrogens with zero attached hydrogens (tertiary/aromatic N) is 4. The molecule has 96 valence electrons. The van der Waals surface area contributed by atoms with Crippen LogP contribution in [0.25, 0.3) is 28.1 Å². The van der Waals surface area contributed by atoms with E-state index in [2.05, 4.69) is 15.2 Å². The number of hydrogen-bond acceptors (Lipinski definition) is 4. The van der Waals surface area contributed by atoms with E-state index in [9.17, 15) is 0 Å². The van der Waals surface area contributed by atoms with Gasteiger partial charge in [0.15, 0.2) is 11.5 Å². The summed E-state index contributed by atoms with van der Waals surface area (Å²) in [7, 11) is 0. The molecular formula is C15H11N5. The summed E-state index contributed by atoms with van der Waals surface area (Å²) in [5.41, 5.74) is 8.96. The monoisotopic (exact) mass is 261 g/mol. The Labute approximate surface area is 114 Å². The lowest BCUT2D eigenvalue weighted by Crippen LogP contribution is -1.94. The van der Waals surface area contributed by atoms with Gasteiger partial charge in [-0.25, -0.2) is 4.98 Å². The van der Waals surface area contributed by atoms with E-state index in [-0.39, 0.29) is 0 Å². The Morgan fingerprint density at radius 3 is 2.75 bits per heavy atom. The molecule has 1 aromatic carbocycles. The fourth-order valence-corrected chi connectivity index (χ4v) is 2.27. The van der Waals surface area contributed by atoms with Crippen molar-refractivity contribution in [2.75, 3.05) is 5.73 Å². The summed E-state index contributed by atoms with van der Waals surface area (Å²) < 4.78 is 1.85. The van der Waals surface area contributed by atoms with Crippen LogP contribution in [0.3, 0.4) is 0 Å². The summed E-state index contributed by atoms with van der Waals surface area (Å²) in [6, 6.07) is 15.6.